The van der Waals surface area contributed by atoms with Crippen LogP contribution in [0.15, 0.2) is 5.38 Å². The molecular formula is C5H3O2S. The summed E-state index contributed by atoms with van der Waals surface area (Å²) in [5.74, 6) is 1.59. The van der Waals surface area contributed by atoms with Crippen LogP contribution in [-0.2, 0) is 0 Å². The third-order valence-electron chi connectivity index (χ3n) is 0.959. The van der Waals surface area contributed by atoms with Gasteiger partial charge in [-0.3, -0.25) is 0 Å². The summed E-state index contributed by atoms with van der Waals surface area (Å²) in [5.41, 5.74) is 0. The molecule has 1 radical (unpaired) electrons. The number of hydrogen-bond acceptors (Lipinski definition) is 3. The average molecular weight is 127 g/mol. The normalized spacial score (nSPS) is 14.5. The first-order valence-electron chi connectivity index (χ1n) is 2.21. The third kappa shape index (κ3) is 0.419. The Hall–Kier alpha value is -0.700. The Morgan fingerprint density at radius 1 is 1.62 bits per heavy atom. The highest BCUT2D eigenvalue weighted by molar-refractivity contribution is 7.08. The van der Waals surface area contributed by atoms with Crippen molar-refractivity contribution in [3.63, 3.8) is 0 Å². The van der Waals surface area contributed by atoms with Crippen LogP contribution in [0.25, 0.3) is 0 Å². The van der Waals surface area contributed by atoms with E-state index in [1.807, 2.05) is 5.38 Å². The van der Waals surface area contributed by atoms with Crippen LogP contribution < -0.4 is 9.47 Å². The van der Waals surface area contributed by atoms with E-state index in [1.165, 1.54) is 11.3 Å². The molecule has 2 nitrogen and oxygen atoms in total. The summed E-state index contributed by atoms with van der Waals surface area (Å²) in [5, 5.41) is 4.79. The smallest absolute Gasteiger partial charge is 0.231 e. The second-order valence-corrected chi connectivity index (χ2v) is 2.11. The summed E-state index contributed by atoms with van der Waals surface area (Å²) < 4.78 is 9.97. The van der Waals surface area contributed by atoms with E-state index in [0.717, 1.165) is 11.5 Å². The predicted octanol–water partition coefficient (Wildman–Crippen LogP) is 1.28. The summed E-state index contributed by atoms with van der Waals surface area (Å²) in [6, 6.07) is 0. The number of fused-ring (bicyclic) bond motifs is 1. The standard InChI is InChI=1S/C5H3O2S/c1-4-5(2-8-1)7-3-6-4/h1H,3H2. The molecule has 0 saturated carbocycles. The van der Waals surface area contributed by atoms with Crippen LogP contribution >= 0.6 is 11.3 Å². The lowest BCUT2D eigenvalue weighted by molar-refractivity contribution is 0.173. The first-order chi connectivity index (χ1) is 3.97. The Kier molecular flexibility index (Phi) is 0.729. The van der Waals surface area contributed by atoms with E-state index < -0.39 is 0 Å². The van der Waals surface area contributed by atoms with Crippen molar-refractivity contribution in [3.05, 3.63) is 10.8 Å². The first kappa shape index (κ1) is 4.21. The fourth-order valence-corrected chi connectivity index (χ4v) is 1.20. The van der Waals surface area contributed by atoms with Gasteiger partial charge in [-0.1, -0.05) is 0 Å². The van der Waals surface area contributed by atoms with Crippen LogP contribution in [0.1, 0.15) is 0 Å². The zero-order valence-corrected chi connectivity index (χ0v) is 4.83. The van der Waals surface area contributed by atoms with Crippen molar-refractivity contribution >= 4 is 11.3 Å². The topological polar surface area (TPSA) is 18.5 Å². The molecule has 2 heterocycles. The molecule has 0 aromatic carbocycles. The lowest BCUT2D eigenvalue weighted by atomic mass is 10.6. The Bertz CT molecular complexity index is 176. The molecule has 8 heavy (non-hydrogen) atoms. The molecule has 0 bridgehead atoms. The van der Waals surface area contributed by atoms with Gasteiger partial charge in [-0.25, -0.2) is 0 Å². The molecular weight excluding hydrogens is 124 g/mol. The van der Waals surface area contributed by atoms with E-state index in [0.29, 0.717) is 6.79 Å². The molecule has 1 aliphatic rings. The van der Waals surface area contributed by atoms with Gasteiger partial charge in [-0.05, 0) is 0 Å². The Labute approximate surface area is 50.7 Å². The number of rotatable bonds is 0. The number of ether oxygens (including phenoxy) is 2. The summed E-state index contributed by atoms with van der Waals surface area (Å²) >= 11 is 1.47. The van der Waals surface area contributed by atoms with Gasteiger partial charge < -0.3 is 9.47 Å². The van der Waals surface area contributed by atoms with Gasteiger partial charge in [0.15, 0.2) is 11.5 Å². The highest BCUT2D eigenvalue weighted by atomic mass is 32.1. The fraction of sp³-hybridized carbons (Fsp3) is 0.200. The first-order valence-corrected chi connectivity index (χ1v) is 3.09. The van der Waals surface area contributed by atoms with Crippen LogP contribution in [0.5, 0.6) is 11.5 Å². The lowest BCUT2D eigenvalue weighted by Crippen LogP contribution is -1.93. The lowest BCUT2D eigenvalue weighted by Gasteiger charge is -1.85. The van der Waals surface area contributed by atoms with Crippen LogP contribution in [-0.4, -0.2) is 6.79 Å². The largest absolute Gasteiger partial charge is 0.453 e. The van der Waals surface area contributed by atoms with Crippen LogP contribution in [0, 0.1) is 5.38 Å². The van der Waals surface area contributed by atoms with Gasteiger partial charge >= 0.3 is 0 Å². The molecule has 0 atom stereocenters. The molecule has 0 aliphatic carbocycles. The van der Waals surface area contributed by atoms with Crippen molar-refractivity contribution in [2.75, 3.05) is 6.79 Å². The minimum Gasteiger partial charge on any atom is -0.453 e. The summed E-state index contributed by atoms with van der Waals surface area (Å²) in [6.45, 7) is 0.356. The molecule has 1 aromatic heterocycles. The van der Waals surface area contributed by atoms with Crippen molar-refractivity contribution in [1.82, 2.24) is 0 Å². The second-order valence-electron chi connectivity index (χ2n) is 1.44. The van der Waals surface area contributed by atoms with Gasteiger partial charge in [0.25, 0.3) is 0 Å². The fourth-order valence-electron chi connectivity index (χ4n) is 0.592. The van der Waals surface area contributed by atoms with E-state index in [4.69, 9.17) is 9.47 Å². The highest BCUT2D eigenvalue weighted by Crippen LogP contribution is 2.34. The van der Waals surface area contributed by atoms with Crippen molar-refractivity contribution in [2.24, 2.45) is 0 Å². The zero-order valence-electron chi connectivity index (χ0n) is 4.01. The van der Waals surface area contributed by atoms with E-state index >= 15 is 0 Å². The van der Waals surface area contributed by atoms with E-state index in [2.05, 4.69) is 5.38 Å². The van der Waals surface area contributed by atoms with Crippen molar-refractivity contribution in [1.29, 1.82) is 0 Å². The van der Waals surface area contributed by atoms with Crippen LogP contribution in [0.3, 0.4) is 0 Å². The SMILES string of the molecule is [c]1scc2c1OCO2. The highest BCUT2D eigenvalue weighted by Gasteiger charge is 2.12. The Morgan fingerprint density at radius 2 is 2.62 bits per heavy atom. The van der Waals surface area contributed by atoms with Gasteiger partial charge in [0, 0.05) is 5.38 Å². The Balaban J connectivity index is 2.54. The molecule has 0 N–H and O–H groups in total. The second kappa shape index (κ2) is 1.39. The molecule has 41 valence electrons. The van der Waals surface area contributed by atoms with E-state index in [1.54, 1.807) is 0 Å². The summed E-state index contributed by atoms with van der Waals surface area (Å²) in [4.78, 5) is 0. The maximum atomic E-state index is 5.00. The molecule has 2 rings (SSSR count). The predicted molar refractivity (Wildman–Crippen MR) is 29.3 cm³/mol. The molecule has 0 spiro atoms. The van der Waals surface area contributed by atoms with Gasteiger partial charge in [-0.15, -0.1) is 11.3 Å². The molecule has 1 aromatic rings. The van der Waals surface area contributed by atoms with Crippen LogP contribution in [0.4, 0.5) is 0 Å². The molecule has 0 fully saturated rings. The average Bonchev–Trinajstić information content (AvgIpc) is 2.15. The van der Waals surface area contributed by atoms with Crippen molar-refractivity contribution < 1.29 is 9.47 Å². The van der Waals surface area contributed by atoms with E-state index in [9.17, 15) is 0 Å². The van der Waals surface area contributed by atoms with Crippen molar-refractivity contribution in [2.45, 2.75) is 0 Å². The van der Waals surface area contributed by atoms with Gasteiger partial charge in [0.05, 0.1) is 5.38 Å². The summed E-state index contributed by atoms with van der Waals surface area (Å²) in [6.07, 6.45) is 0. The number of hydrogen-bond donors (Lipinski definition) is 0. The summed E-state index contributed by atoms with van der Waals surface area (Å²) in [7, 11) is 0. The van der Waals surface area contributed by atoms with Gasteiger partial charge in [-0.2, -0.15) is 0 Å². The zero-order chi connectivity index (χ0) is 5.40. The maximum Gasteiger partial charge on any atom is 0.231 e. The molecule has 0 saturated heterocycles. The van der Waals surface area contributed by atoms with Crippen LogP contribution in [0.2, 0.25) is 0 Å². The van der Waals surface area contributed by atoms with Crippen molar-refractivity contribution in [3.8, 4) is 11.5 Å². The monoisotopic (exact) mass is 127 g/mol. The number of thiophene rings is 1. The van der Waals surface area contributed by atoms with Gasteiger partial charge in [0.2, 0.25) is 6.79 Å². The Morgan fingerprint density at radius 3 is 3.50 bits per heavy atom. The molecule has 0 amide bonds. The maximum absolute atomic E-state index is 5.00. The molecule has 0 unspecified atom stereocenters. The molecule has 1 aliphatic heterocycles. The minimum atomic E-state index is 0.356. The molecule has 3 heteroatoms. The minimum absolute atomic E-state index is 0.356. The van der Waals surface area contributed by atoms with Gasteiger partial charge in [0.1, 0.15) is 0 Å². The third-order valence-corrected chi connectivity index (χ3v) is 1.59. The quantitative estimate of drug-likeness (QED) is 0.522. The van der Waals surface area contributed by atoms with E-state index in [-0.39, 0.29) is 0 Å².